The minimum Gasteiger partial charge on any atom is -0.478 e. The molecule has 4 heteroatoms. The third kappa shape index (κ3) is 2.86. The molecule has 74 valence electrons. The molecule has 0 aromatic heterocycles. The Labute approximate surface area is 95.3 Å². The number of aliphatic carboxylic acids is 1. The first kappa shape index (κ1) is 11.3. The molecular weight excluding hydrogens is 267 g/mol. The van der Waals surface area contributed by atoms with Gasteiger partial charge in [0.15, 0.2) is 0 Å². The smallest absolute Gasteiger partial charge is 0.328 e. The lowest BCUT2D eigenvalue weighted by Crippen LogP contribution is -1.87. The average molecular weight is 276 g/mol. The van der Waals surface area contributed by atoms with Gasteiger partial charge in [-0.15, -0.1) is 0 Å². The second kappa shape index (κ2) is 4.62. The van der Waals surface area contributed by atoms with Crippen LogP contribution in [0.5, 0.6) is 0 Å². The molecule has 0 saturated heterocycles. The fraction of sp³-hybridized carbons (Fsp3) is 0.100. The number of carbonyl (C=O) groups is 1. The van der Waals surface area contributed by atoms with Gasteiger partial charge in [0.25, 0.3) is 0 Å². The summed E-state index contributed by atoms with van der Waals surface area (Å²) < 4.78 is 0.879. The van der Waals surface area contributed by atoms with Crippen LogP contribution >= 0.6 is 27.5 Å². The Kier molecular flexibility index (Phi) is 3.72. The second-order valence-corrected chi connectivity index (χ2v) is 4.09. The molecule has 1 N–H and O–H groups in total. The van der Waals surface area contributed by atoms with E-state index in [0.29, 0.717) is 10.6 Å². The third-order valence-electron chi connectivity index (χ3n) is 1.65. The molecule has 0 radical (unpaired) electrons. The van der Waals surface area contributed by atoms with E-state index >= 15 is 0 Å². The normalized spacial score (nSPS) is 10.8. The Morgan fingerprint density at radius 3 is 2.79 bits per heavy atom. The summed E-state index contributed by atoms with van der Waals surface area (Å²) in [5, 5.41) is 9.04. The van der Waals surface area contributed by atoms with Crippen LogP contribution in [-0.2, 0) is 4.79 Å². The van der Waals surface area contributed by atoms with E-state index in [4.69, 9.17) is 16.7 Å². The molecule has 2 nitrogen and oxygen atoms in total. The minimum absolute atomic E-state index is 0.575. The van der Waals surface area contributed by atoms with Gasteiger partial charge in [-0.3, -0.25) is 0 Å². The van der Waals surface area contributed by atoms with E-state index < -0.39 is 5.97 Å². The highest BCUT2D eigenvalue weighted by Crippen LogP contribution is 2.26. The zero-order chi connectivity index (χ0) is 10.7. The summed E-state index contributed by atoms with van der Waals surface area (Å²) in [7, 11) is 0. The monoisotopic (exact) mass is 274 g/mol. The summed E-state index contributed by atoms with van der Waals surface area (Å²) >= 11 is 9.30. The predicted molar refractivity (Wildman–Crippen MR) is 60.6 cm³/mol. The molecule has 0 atom stereocenters. The van der Waals surface area contributed by atoms with Crippen LogP contribution in [0.2, 0.25) is 5.02 Å². The van der Waals surface area contributed by atoms with Crippen molar-refractivity contribution in [1.82, 2.24) is 0 Å². The predicted octanol–water partition coefficient (Wildman–Crippen LogP) is 3.51. The molecule has 0 spiro atoms. The fourth-order valence-electron chi connectivity index (χ4n) is 1.03. The maximum absolute atomic E-state index is 10.3. The zero-order valence-corrected chi connectivity index (χ0v) is 9.76. The Balaban J connectivity index is 3.14. The van der Waals surface area contributed by atoms with Crippen LogP contribution in [-0.4, -0.2) is 11.1 Å². The van der Waals surface area contributed by atoms with Crippen molar-refractivity contribution >= 4 is 39.6 Å². The van der Waals surface area contributed by atoms with Crippen LogP contribution < -0.4 is 0 Å². The number of aryl methyl sites for hydroxylation is 1. The Bertz CT molecular complexity index is 399. The van der Waals surface area contributed by atoms with E-state index in [-0.39, 0.29) is 0 Å². The second-order valence-electron chi connectivity index (χ2n) is 2.80. The zero-order valence-electron chi connectivity index (χ0n) is 7.42. The van der Waals surface area contributed by atoms with Gasteiger partial charge >= 0.3 is 5.97 Å². The lowest BCUT2D eigenvalue weighted by atomic mass is 10.1. The van der Waals surface area contributed by atoms with Gasteiger partial charge in [-0.1, -0.05) is 27.5 Å². The van der Waals surface area contributed by atoms with Crippen molar-refractivity contribution in [1.29, 1.82) is 0 Å². The van der Waals surface area contributed by atoms with E-state index in [2.05, 4.69) is 15.9 Å². The van der Waals surface area contributed by atoms with Gasteiger partial charge in [0.1, 0.15) is 0 Å². The first-order chi connectivity index (χ1) is 6.50. The topological polar surface area (TPSA) is 37.3 Å². The van der Waals surface area contributed by atoms with E-state index in [1.165, 1.54) is 6.08 Å². The Morgan fingerprint density at radius 1 is 1.57 bits per heavy atom. The van der Waals surface area contributed by atoms with Crippen molar-refractivity contribution in [3.63, 3.8) is 0 Å². The number of carboxylic acids is 1. The summed E-state index contributed by atoms with van der Waals surface area (Å²) in [5.74, 6) is -0.987. The molecule has 0 aliphatic carbocycles. The van der Waals surface area contributed by atoms with Crippen LogP contribution in [0.25, 0.3) is 6.08 Å². The molecule has 0 fully saturated rings. The Morgan fingerprint density at radius 2 is 2.21 bits per heavy atom. The molecule has 0 bridgehead atoms. The van der Waals surface area contributed by atoms with Gasteiger partial charge in [-0.25, -0.2) is 4.79 Å². The first-order valence-electron chi connectivity index (χ1n) is 3.87. The van der Waals surface area contributed by atoms with E-state index in [9.17, 15) is 4.79 Å². The molecule has 0 saturated carbocycles. The molecule has 14 heavy (non-hydrogen) atoms. The molecular formula is C10H8BrClO2. The molecule has 1 aromatic rings. The summed E-state index contributed by atoms with van der Waals surface area (Å²) in [6.07, 6.45) is 2.54. The number of benzene rings is 1. The molecule has 0 unspecified atom stereocenters. The van der Waals surface area contributed by atoms with Gasteiger partial charge in [0.2, 0.25) is 0 Å². The van der Waals surface area contributed by atoms with Crippen molar-refractivity contribution in [2.24, 2.45) is 0 Å². The van der Waals surface area contributed by atoms with Gasteiger partial charge in [0, 0.05) is 10.5 Å². The SMILES string of the molecule is Cc1cc(Br)cc(/C=C/C(=O)O)c1Cl. The third-order valence-corrected chi connectivity index (χ3v) is 2.63. The van der Waals surface area contributed by atoms with E-state index in [0.717, 1.165) is 16.1 Å². The van der Waals surface area contributed by atoms with Crippen LogP contribution in [0.4, 0.5) is 0 Å². The van der Waals surface area contributed by atoms with Crippen molar-refractivity contribution in [2.45, 2.75) is 6.92 Å². The summed E-state index contributed by atoms with van der Waals surface area (Å²) in [4.78, 5) is 10.3. The number of hydrogen-bond donors (Lipinski definition) is 1. The van der Waals surface area contributed by atoms with Crippen LogP contribution in [0, 0.1) is 6.92 Å². The minimum atomic E-state index is -0.987. The lowest BCUT2D eigenvalue weighted by molar-refractivity contribution is -0.131. The van der Waals surface area contributed by atoms with Crippen molar-refractivity contribution in [3.05, 3.63) is 38.8 Å². The largest absolute Gasteiger partial charge is 0.478 e. The number of rotatable bonds is 2. The fourth-order valence-corrected chi connectivity index (χ4v) is 1.80. The molecule has 0 aliphatic heterocycles. The molecule has 1 rings (SSSR count). The quantitative estimate of drug-likeness (QED) is 0.839. The maximum Gasteiger partial charge on any atom is 0.328 e. The molecule has 1 aromatic carbocycles. The van der Waals surface area contributed by atoms with Gasteiger partial charge in [-0.2, -0.15) is 0 Å². The summed E-state index contributed by atoms with van der Waals surface area (Å²) in [5.41, 5.74) is 1.60. The van der Waals surface area contributed by atoms with Crippen LogP contribution in [0.15, 0.2) is 22.7 Å². The summed E-state index contributed by atoms with van der Waals surface area (Å²) in [6, 6.07) is 3.65. The van der Waals surface area contributed by atoms with E-state index in [1.807, 2.05) is 13.0 Å². The summed E-state index contributed by atoms with van der Waals surface area (Å²) in [6.45, 7) is 1.87. The first-order valence-corrected chi connectivity index (χ1v) is 5.04. The highest BCUT2D eigenvalue weighted by molar-refractivity contribution is 9.10. The number of hydrogen-bond acceptors (Lipinski definition) is 1. The number of carboxylic acid groups (broad SMARTS) is 1. The van der Waals surface area contributed by atoms with E-state index in [1.54, 1.807) is 6.07 Å². The van der Waals surface area contributed by atoms with Crippen molar-refractivity contribution < 1.29 is 9.90 Å². The van der Waals surface area contributed by atoms with Gasteiger partial charge in [0.05, 0.1) is 5.02 Å². The molecule has 0 aliphatic rings. The van der Waals surface area contributed by atoms with Crippen LogP contribution in [0.1, 0.15) is 11.1 Å². The van der Waals surface area contributed by atoms with Crippen LogP contribution in [0.3, 0.4) is 0 Å². The molecule has 0 heterocycles. The highest BCUT2D eigenvalue weighted by Gasteiger charge is 2.02. The van der Waals surface area contributed by atoms with Gasteiger partial charge in [-0.05, 0) is 36.3 Å². The van der Waals surface area contributed by atoms with Crippen molar-refractivity contribution in [3.8, 4) is 0 Å². The lowest BCUT2D eigenvalue weighted by Gasteiger charge is -2.03. The van der Waals surface area contributed by atoms with Gasteiger partial charge < -0.3 is 5.11 Å². The highest BCUT2D eigenvalue weighted by atomic mass is 79.9. The maximum atomic E-state index is 10.3. The van der Waals surface area contributed by atoms with Crippen molar-refractivity contribution in [2.75, 3.05) is 0 Å². The standard InChI is InChI=1S/C10H8BrClO2/c1-6-4-8(11)5-7(10(6)12)2-3-9(13)14/h2-5H,1H3,(H,13,14)/b3-2+. The Hall–Kier alpha value is -0.800. The average Bonchev–Trinajstić information content (AvgIpc) is 2.08. The molecule has 0 amide bonds. The number of halogens is 2.